The first-order valence-electron chi connectivity index (χ1n) is 10.4. The smallest absolute Gasteiger partial charge is 0.237 e. The lowest BCUT2D eigenvalue weighted by atomic mass is 9.70. The summed E-state index contributed by atoms with van der Waals surface area (Å²) < 4.78 is 0. The highest BCUT2D eigenvalue weighted by Crippen LogP contribution is 2.51. The lowest BCUT2D eigenvalue weighted by molar-refractivity contribution is -0.134. The van der Waals surface area contributed by atoms with Crippen LogP contribution in [0, 0.1) is 5.41 Å². The van der Waals surface area contributed by atoms with Crippen molar-refractivity contribution in [3.63, 3.8) is 0 Å². The van der Waals surface area contributed by atoms with Gasteiger partial charge in [0.05, 0.1) is 13.2 Å². The molecule has 0 aromatic heterocycles. The molecule has 1 N–H and O–H groups in total. The number of aliphatic hydroxyl groups excluding tert-OH is 1. The van der Waals surface area contributed by atoms with E-state index in [9.17, 15) is 9.90 Å². The molecule has 3 fully saturated rings. The second kappa shape index (κ2) is 7.69. The molecule has 3 aliphatic heterocycles. The molecule has 2 bridgehead atoms. The molecule has 3 saturated heterocycles. The summed E-state index contributed by atoms with van der Waals surface area (Å²) in [5, 5.41) is 10.3. The normalized spacial score (nSPS) is 32.0. The molecule has 3 atom stereocenters. The molecule has 3 aliphatic rings. The van der Waals surface area contributed by atoms with Gasteiger partial charge in [-0.25, -0.2) is 0 Å². The van der Waals surface area contributed by atoms with Crippen LogP contribution in [0.15, 0.2) is 30.3 Å². The lowest BCUT2D eigenvalue weighted by Crippen LogP contribution is -2.47. The average Bonchev–Trinajstić information content (AvgIpc) is 3.09. The molecule has 4 heteroatoms. The Kier molecular flexibility index (Phi) is 5.32. The van der Waals surface area contributed by atoms with E-state index in [1.54, 1.807) is 0 Å². The number of fused-ring (bicyclic) bond motifs is 2. The second-order valence-corrected chi connectivity index (χ2v) is 8.63. The van der Waals surface area contributed by atoms with Crippen molar-refractivity contribution in [2.24, 2.45) is 5.41 Å². The highest BCUT2D eigenvalue weighted by molar-refractivity contribution is 5.80. The van der Waals surface area contributed by atoms with Crippen molar-refractivity contribution < 1.29 is 9.90 Å². The van der Waals surface area contributed by atoms with Gasteiger partial charge in [-0.15, -0.1) is 0 Å². The quantitative estimate of drug-likeness (QED) is 0.882. The molecule has 4 nitrogen and oxygen atoms in total. The molecule has 3 heterocycles. The van der Waals surface area contributed by atoms with E-state index in [1.165, 1.54) is 31.2 Å². The summed E-state index contributed by atoms with van der Waals surface area (Å²) >= 11 is 0. The van der Waals surface area contributed by atoms with Gasteiger partial charge in [-0.2, -0.15) is 0 Å². The van der Waals surface area contributed by atoms with Crippen molar-refractivity contribution in [2.45, 2.75) is 63.5 Å². The van der Waals surface area contributed by atoms with E-state index in [-0.39, 0.29) is 18.1 Å². The predicted octanol–water partition coefficient (Wildman–Crippen LogP) is 2.85. The lowest BCUT2D eigenvalue weighted by Gasteiger charge is -2.36. The monoisotopic (exact) mass is 356 g/mol. The van der Waals surface area contributed by atoms with Gasteiger partial charge in [-0.05, 0) is 57.2 Å². The van der Waals surface area contributed by atoms with E-state index < -0.39 is 0 Å². The Balaban J connectivity index is 1.47. The van der Waals surface area contributed by atoms with Crippen LogP contribution in [0.4, 0.5) is 0 Å². The average molecular weight is 357 g/mol. The number of aliphatic hydroxyl groups is 1. The fourth-order valence-electron chi connectivity index (χ4n) is 5.65. The number of amides is 1. The molecule has 0 spiro atoms. The zero-order valence-electron chi connectivity index (χ0n) is 15.8. The van der Waals surface area contributed by atoms with Crippen LogP contribution in [0.2, 0.25) is 0 Å². The minimum absolute atomic E-state index is 0.154. The van der Waals surface area contributed by atoms with Crippen LogP contribution in [-0.4, -0.2) is 59.1 Å². The molecular formula is C22H32N2O2. The Labute approximate surface area is 157 Å². The summed E-state index contributed by atoms with van der Waals surface area (Å²) in [7, 11) is 0. The molecule has 4 rings (SSSR count). The first-order chi connectivity index (χ1) is 12.7. The molecule has 0 aliphatic carbocycles. The summed E-state index contributed by atoms with van der Waals surface area (Å²) in [6, 6.07) is 11.0. The zero-order chi connectivity index (χ0) is 18.0. The maximum absolute atomic E-state index is 13.1. The van der Waals surface area contributed by atoms with Crippen molar-refractivity contribution in [3.05, 3.63) is 35.9 Å². The van der Waals surface area contributed by atoms with Crippen LogP contribution in [0.5, 0.6) is 0 Å². The summed E-state index contributed by atoms with van der Waals surface area (Å²) in [6.45, 7) is 2.87. The van der Waals surface area contributed by atoms with Gasteiger partial charge in [0.25, 0.3) is 0 Å². The van der Waals surface area contributed by atoms with E-state index in [1.807, 2.05) is 6.07 Å². The van der Waals surface area contributed by atoms with E-state index in [2.05, 4.69) is 34.1 Å². The van der Waals surface area contributed by atoms with Crippen molar-refractivity contribution in [2.75, 3.05) is 26.2 Å². The molecule has 0 saturated carbocycles. The standard InChI is InChI=1S/C22H32N2O2/c25-17-22(14-18-8-4-3-5-9-18)15-19-10-11-20(22)24(19)21(26)16-23-12-6-1-2-7-13-23/h3-5,8-9,19-20,25H,1-2,6-7,10-17H2/t19-,20+,22-/m0/s1. The molecule has 0 radical (unpaired) electrons. The van der Waals surface area contributed by atoms with Gasteiger partial charge >= 0.3 is 0 Å². The van der Waals surface area contributed by atoms with Gasteiger partial charge in [0.15, 0.2) is 0 Å². The van der Waals surface area contributed by atoms with Gasteiger partial charge in [0, 0.05) is 17.5 Å². The Morgan fingerprint density at radius 3 is 2.50 bits per heavy atom. The highest BCUT2D eigenvalue weighted by atomic mass is 16.3. The van der Waals surface area contributed by atoms with Crippen molar-refractivity contribution in [3.8, 4) is 0 Å². The van der Waals surface area contributed by atoms with Gasteiger partial charge in [-0.1, -0.05) is 43.2 Å². The Morgan fingerprint density at radius 1 is 1.08 bits per heavy atom. The Morgan fingerprint density at radius 2 is 1.81 bits per heavy atom. The van der Waals surface area contributed by atoms with Crippen LogP contribution in [0.1, 0.15) is 50.5 Å². The van der Waals surface area contributed by atoms with Crippen molar-refractivity contribution in [1.82, 2.24) is 9.80 Å². The SMILES string of the molecule is O=C(CN1CCCCCC1)N1[C@H]2CC[C@@H]1[C@@](CO)(Cc1ccccc1)C2. The fourth-order valence-corrected chi connectivity index (χ4v) is 5.65. The number of carbonyl (C=O) groups is 1. The van der Waals surface area contributed by atoms with E-state index in [4.69, 9.17) is 0 Å². The summed E-state index contributed by atoms with van der Waals surface area (Å²) in [6.07, 6.45) is 9.00. The van der Waals surface area contributed by atoms with Gasteiger partial charge < -0.3 is 10.0 Å². The van der Waals surface area contributed by atoms with Crippen LogP contribution in [0.3, 0.4) is 0 Å². The van der Waals surface area contributed by atoms with E-state index in [0.717, 1.165) is 38.8 Å². The number of hydrogen-bond donors (Lipinski definition) is 1. The number of hydrogen-bond acceptors (Lipinski definition) is 3. The summed E-state index contributed by atoms with van der Waals surface area (Å²) in [4.78, 5) is 17.7. The van der Waals surface area contributed by atoms with Crippen molar-refractivity contribution >= 4 is 5.91 Å². The van der Waals surface area contributed by atoms with Crippen LogP contribution >= 0.6 is 0 Å². The third kappa shape index (κ3) is 3.41. The Bertz CT molecular complexity index is 612. The fraction of sp³-hybridized carbons (Fsp3) is 0.682. The van der Waals surface area contributed by atoms with Gasteiger partial charge in [0.1, 0.15) is 0 Å². The number of rotatable bonds is 5. The first-order valence-corrected chi connectivity index (χ1v) is 10.4. The maximum Gasteiger partial charge on any atom is 0.237 e. The highest BCUT2D eigenvalue weighted by Gasteiger charge is 2.56. The molecular weight excluding hydrogens is 324 g/mol. The van der Waals surface area contributed by atoms with Crippen LogP contribution < -0.4 is 0 Å². The summed E-state index contributed by atoms with van der Waals surface area (Å²) in [5.74, 6) is 0.294. The third-order valence-electron chi connectivity index (χ3n) is 6.91. The van der Waals surface area contributed by atoms with Crippen molar-refractivity contribution in [1.29, 1.82) is 0 Å². The van der Waals surface area contributed by atoms with E-state index in [0.29, 0.717) is 18.5 Å². The predicted molar refractivity (Wildman–Crippen MR) is 103 cm³/mol. The minimum atomic E-state index is -0.154. The number of carbonyl (C=O) groups excluding carboxylic acids is 1. The van der Waals surface area contributed by atoms with E-state index >= 15 is 0 Å². The first kappa shape index (κ1) is 18.0. The maximum atomic E-state index is 13.1. The largest absolute Gasteiger partial charge is 0.396 e. The summed E-state index contributed by atoms with van der Waals surface area (Å²) in [5.41, 5.74) is 1.12. The van der Waals surface area contributed by atoms with Gasteiger partial charge in [-0.3, -0.25) is 9.69 Å². The third-order valence-corrected chi connectivity index (χ3v) is 6.91. The minimum Gasteiger partial charge on any atom is -0.396 e. The number of nitrogens with zero attached hydrogens (tertiary/aromatic N) is 2. The molecule has 1 aromatic carbocycles. The number of likely N-dealkylation sites (tertiary alicyclic amines) is 1. The Hall–Kier alpha value is -1.39. The molecule has 142 valence electrons. The van der Waals surface area contributed by atoms with Gasteiger partial charge in [0.2, 0.25) is 5.91 Å². The van der Waals surface area contributed by atoms with Crippen LogP contribution in [0.25, 0.3) is 0 Å². The van der Waals surface area contributed by atoms with Crippen LogP contribution in [-0.2, 0) is 11.2 Å². The number of benzene rings is 1. The molecule has 1 amide bonds. The zero-order valence-corrected chi connectivity index (χ0v) is 15.8. The molecule has 1 aromatic rings. The topological polar surface area (TPSA) is 43.8 Å². The molecule has 26 heavy (non-hydrogen) atoms. The molecule has 0 unspecified atom stereocenters. The second-order valence-electron chi connectivity index (χ2n) is 8.63.